The Kier molecular flexibility index (Phi) is 5.43. The summed E-state index contributed by atoms with van der Waals surface area (Å²) in [5.41, 5.74) is 5.23. The molecule has 1 unspecified atom stereocenters. The zero-order chi connectivity index (χ0) is 15.4. The maximum Gasteiger partial charge on any atom is 0.133 e. The average Bonchev–Trinajstić information content (AvgIpc) is 2.48. The van der Waals surface area contributed by atoms with Crippen molar-refractivity contribution >= 4 is 15.9 Å². The van der Waals surface area contributed by atoms with Gasteiger partial charge in [-0.15, -0.1) is 0 Å². The van der Waals surface area contributed by atoms with Gasteiger partial charge in [0.05, 0.1) is 17.6 Å². The number of aryl methyl sites for hydroxylation is 1. The van der Waals surface area contributed by atoms with Crippen molar-refractivity contribution in [2.45, 2.75) is 26.8 Å². The first-order valence-corrected chi connectivity index (χ1v) is 8.00. The summed E-state index contributed by atoms with van der Waals surface area (Å²) in [6.45, 7) is 7.40. The second kappa shape index (κ2) is 7.10. The van der Waals surface area contributed by atoms with Gasteiger partial charge in [-0.25, -0.2) is 0 Å². The number of rotatable bonds is 5. The molecule has 2 aromatic rings. The van der Waals surface area contributed by atoms with E-state index in [4.69, 9.17) is 4.74 Å². The predicted molar refractivity (Wildman–Crippen MR) is 92.1 cm³/mol. The molecule has 0 fully saturated rings. The van der Waals surface area contributed by atoms with Gasteiger partial charge in [-0.05, 0) is 70.7 Å². The molecular weight excluding hydrogens is 326 g/mol. The highest BCUT2D eigenvalue weighted by molar-refractivity contribution is 9.10. The fourth-order valence-electron chi connectivity index (χ4n) is 2.56. The van der Waals surface area contributed by atoms with Crippen molar-refractivity contribution in [2.24, 2.45) is 0 Å². The van der Waals surface area contributed by atoms with Gasteiger partial charge in [0.1, 0.15) is 5.75 Å². The van der Waals surface area contributed by atoms with Gasteiger partial charge in [0.2, 0.25) is 0 Å². The Morgan fingerprint density at radius 1 is 1.19 bits per heavy atom. The van der Waals surface area contributed by atoms with Crippen LogP contribution in [0.3, 0.4) is 0 Å². The van der Waals surface area contributed by atoms with E-state index in [0.717, 1.165) is 16.8 Å². The lowest BCUT2D eigenvalue weighted by Gasteiger charge is -2.22. The zero-order valence-corrected chi connectivity index (χ0v) is 14.6. The number of hydrogen-bond acceptors (Lipinski definition) is 2. The van der Waals surface area contributed by atoms with E-state index in [1.54, 1.807) is 7.11 Å². The maximum atomic E-state index is 5.32. The molecule has 0 radical (unpaired) electrons. The molecule has 0 aliphatic rings. The molecule has 0 heterocycles. The first-order valence-electron chi connectivity index (χ1n) is 7.21. The van der Waals surface area contributed by atoms with Gasteiger partial charge in [-0.3, -0.25) is 0 Å². The highest BCUT2D eigenvalue weighted by Gasteiger charge is 2.17. The normalized spacial score (nSPS) is 12.2. The smallest absolute Gasteiger partial charge is 0.133 e. The van der Waals surface area contributed by atoms with Crippen LogP contribution in [0.15, 0.2) is 40.9 Å². The maximum absolute atomic E-state index is 5.32. The van der Waals surface area contributed by atoms with Gasteiger partial charge >= 0.3 is 0 Å². The third-order valence-corrected chi connectivity index (χ3v) is 4.49. The summed E-state index contributed by atoms with van der Waals surface area (Å²) >= 11 is 3.58. The molecule has 0 aromatic heterocycles. The fourth-order valence-corrected chi connectivity index (χ4v) is 3.12. The second-order valence-corrected chi connectivity index (χ2v) is 6.03. The molecule has 2 rings (SSSR count). The van der Waals surface area contributed by atoms with Crippen LogP contribution in [0.25, 0.3) is 0 Å². The molecular formula is C18H22BrNO. The number of benzene rings is 2. The van der Waals surface area contributed by atoms with Crippen molar-refractivity contribution < 1.29 is 4.74 Å². The number of methoxy groups -OCH3 is 1. The van der Waals surface area contributed by atoms with E-state index in [2.05, 4.69) is 72.3 Å². The standard InChI is InChI=1S/C18H22BrNO/c1-5-20-18(15-8-6-7-12(2)13(15)3)14-9-10-17(21-4)16(19)11-14/h6-11,18,20H,5H2,1-4H3. The van der Waals surface area contributed by atoms with E-state index in [9.17, 15) is 0 Å². The van der Waals surface area contributed by atoms with Crippen molar-refractivity contribution in [3.8, 4) is 5.75 Å². The van der Waals surface area contributed by atoms with Crippen molar-refractivity contribution in [3.63, 3.8) is 0 Å². The molecule has 3 heteroatoms. The van der Waals surface area contributed by atoms with E-state index in [0.29, 0.717) is 0 Å². The molecule has 1 atom stereocenters. The second-order valence-electron chi connectivity index (χ2n) is 5.17. The SMILES string of the molecule is CCNC(c1ccc(OC)c(Br)c1)c1cccc(C)c1C. The van der Waals surface area contributed by atoms with Gasteiger partial charge in [0, 0.05) is 0 Å². The number of ether oxygens (including phenoxy) is 1. The van der Waals surface area contributed by atoms with Crippen LogP contribution in [-0.2, 0) is 0 Å². The fraction of sp³-hybridized carbons (Fsp3) is 0.333. The topological polar surface area (TPSA) is 21.3 Å². The largest absolute Gasteiger partial charge is 0.496 e. The molecule has 0 amide bonds. The predicted octanol–water partition coefficient (Wildman–Crippen LogP) is 4.77. The molecule has 0 aliphatic carbocycles. The summed E-state index contributed by atoms with van der Waals surface area (Å²) in [6.07, 6.45) is 0. The Morgan fingerprint density at radius 3 is 2.57 bits per heavy atom. The molecule has 1 N–H and O–H groups in total. The molecule has 0 aliphatic heterocycles. The molecule has 2 nitrogen and oxygen atoms in total. The van der Waals surface area contributed by atoms with Gasteiger partial charge in [-0.1, -0.05) is 31.2 Å². The van der Waals surface area contributed by atoms with Crippen molar-refractivity contribution in [3.05, 3.63) is 63.1 Å². The third-order valence-electron chi connectivity index (χ3n) is 3.87. The van der Waals surface area contributed by atoms with Crippen molar-refractivity contribution in [1.82, 2.24) is 5.32 Å². The van der Waals surface area contributed by atoms with E-state index in [1.807, 2.05) is 6.07 Å². The minimum absolute atomic E-state index is 0.192. The number of halogens is 1. The van der Waals surface area contributed by atoms with Crippen LogP contribution in [0.4, 0.5) is 0 Å². The lowest BCUT2D eigenvalue weighted by atomic mass is 9.92. The average molecular weight is 348 g/mol. The Hall–Kier alpha value is -1.32. The number of hydrogen-bond donors (Lipinski definition) is 1. The van der Waals surface area contributed by atoms with Gasteiger partial charge in [-0.2, -0.15) is 0 Å². The van der Waals surface area contributed by atoms with E-state index in [-0.39, 0.29) is 6.04 Å². The highest BCUT2D eigenvalue weighted by Crippen LogP contribution is 2.32. The molecule has 0 bridgehead atoms. The summed E-state index contributed by atoms with van der Waals surface area (Å²) in [5.74, 6) is 0.856. The van der Waals surface area contributed by atoms with Crippen LogP contribution >= 0.6 is 15.9 Å². The molecule has 21 heavy (non-hydrogen) atoms. The first kappa shape index (κ1) is 16.1. The van der Waals surface area contributed by atoms with E-state index in [1.165, 1.54) is 22.3 Å². The van der Waals surface area contributed by atoms with Crippen molar-refractivity contribution in [1.29, 1.82) is 0 Å². The third kappa shape index (κ3) is 3.47. The molecule has 0 spiro atoms. The van der Waals surface area contributed by atoms with Crippen LogP contribution < -0.4 is 10.1 Å². The van der Waals surface area contributed by atoms with Crippen LogP contribution in [0, 0.1) is 13.8 Å². The van der Waals surface area contributed by atoms with Crippen LogP contribution in [0.5, 0.6) is 5.75 Å². The van der Waals surface area contributed by atoms with Gasteiger partial charge in [0.25, 0.3) is 0 Å². The first-order chi connectivity index (χ1) is 10.1. The molecule has 2 aromatic carbocycles. The van der Waals surface area contributed by atoms with Crippen LogP contribution in [0.2, 0.25) is 0 Å². The zero-order valence-electron chi connectivity index (χ0n) is 13.0. The summed E-state index contributed by atoms with van der Waals surface area (Å²) in [6, 6.07) is 12.9. The van der Waals surface area contributed by atoms with Crippen LogP contribution in [-0.4, -0.2) is 13.7 Å². The van der Waals surface area contributed by atoms with Crippen LogP contribution in [0.1, 0.15) is 35.2 Å². The van der Waals surface area contributed by atoms with Gasteiger partial charge < -0.3 is 10.1 Å². The Labute approximate surface area is 135 Å². The molecule has 0 saturated carbocycles. The molecule has 112 valence electrons. The Bertz CT molecular complexity index is 625. The Balaban J connectivity index is 2.48. The lowest BCUT2D eigenvalue weighted by Crippen LogP contribution is -2.23. The highest BCUT2D eigenvalue weighted by atomic mass is 79.9. The monoisotopic (exact) mass is 347 g/mol. The quantitative estimate of drug-likeness (QED) is 0.840. The minimum Gasteiger partial charge on any atom is -0.496 e. The summed E-state index contributed by atoms with van der Waals surface area (Å²) in [5, 5.41) is 3.59. The Morgan fingerprint density at radius 2 is 1.95 bits per heavy atom. The minimum atomic E-state index is 0.192. The van der Waals surface area contributed by atoms with Gasteiger partial charge in [0.15, 0.2) is 0 Å². The lowest BCUT2D eigenvalue weighted by molar-refractivity contribution is 0.412. The summed E-state index contributed by atoms with van der Waals surface area (Å²) in [7, 11) is 1.69. The van der Waals surface area contributed by atoms with E-state index >= 15 is 0 Å². The van der Waals surface area contributed by atoms with Crippen molar-refractivity contribution in [2.75, 3.05) is 13.7 Å². The summed E-state index contributed by atoms with van der Waals surface area (Å²) in [4.78, 5) is 0. The summed E-state index contributed by atoms with van der Waals surface area (Å²) < 4.78 is 6.30. The molecule has 0 saturated heterocycles. The van der Waals surface area contributed by atoms with E-state index < -0.39 is 0 Å². The number of nitrogens with one attached hydrogen (secondary N) is 1.